The molecule has 0 aliphatic rings. The number of benzene rings is 1. The average molecular weight is 252 g/mol. The third-order valence-electron chi connectivity index (χ3n) is 1.93. The van der Waals surface area contributed by atoms with E-state index in [1.165, 1.54) is 0 Å². The van der Waals surface area contributed by atoms with Crippen LogP contribution >= 0.6 is 0 Å². The minimum atomic E-state index is -1.85. The first-order valence-corrected chi connectivity index (χ1v) is 5.60. The highest BCUT2D eigenvalue weighted by Crippen LogP contribution is 2.14. The lowest BCUT2D eigenvalue weighted by Crippen LogP contribution is -2.24. The van der Waals surface area contributed by atoms with Crippen LogP contribution in [0.4, 0.5) is 0 Å². The predicted octanol–water partition coefficient (Wildman–Crippen LogP) is 0.919. The summed E-state index contributed by atoms with van der Waals surface area (Å²) in [4.78, 5) is 11.6. The summed E-state index contributed by atoms with van der Waals surface area (Å²) in [6, 6.07) is 6.45. The van der Waals surface area contributed by atoms with Gasteiger partial charge in [-0.05, 0) is 38.5 Å². The van der Waals surface area contributed by atoms with Gasteiger partial charge in [0, 0.05) is 0 Å². The van der Waals surface area contributed by atoms with Crippen LogP contribution in [0.15, 0.2) is 24.3 Å². The molecule has 2 N–H and O–H groups in total. The molecule has 0 aromatic heterocycles. The van der Waals surface area contributed by atoms with Gasteiger partial charge < -0.3 is 19.4 Å². The Hall–Kier alpha value is -1.53. The molecule has 98 valence electrons. The van der Waals surface area contributed by atoms with Gasteiger partial charge in [-0.15, -0.1) is 0 Å². The number of hydrogen-bond acceptors (Lipinski definition) is 5. The Morgan fingerprint density at radius 1 is 1.22 bits per heavy atom. The van der Waals surface area contributed by atoms with Crippen LogP contribution in [0.3, 0.4) is 0 Å². The maximum absolute atomic E-state index is 11.6. The zero-order valence-corrected chi connectivity index (χ0v) is 10.7. The van der Waals surface area contributed by atoms with Crippen LogP contribution < -0.4 is 4.65 Å². The second kappa shape index (κ2) is 5.88. The molecule has 0 saturated heterocycles. The molecule has 0 saturated carbocycles. The molecule has 0 bridgehead atoms. The molecule has 5 nitrogen and oxygen atoms in total. The highest BCUT2D eigenvalue weighted by molar-refractivity contribution is 6.33. The molecule has 1 rings (SSSR count). The first-order chi connectivity index (χ1) is 8.26. The number of carbonyl (C=O) groups is 1. The van der Waals surface area contributed by atoms with Crippen molar-refractivity contribution >= 4 is 13.3 Å². The number of carbonyl (C=O) groups excluding carboxylic acids is 1. The van der Waals surface area contributed by atoms with Gasteiger partial charge in [0.25, 0.3) is 0 Å². The standard InChI is InChI=1S/C12H17BO5/c1-12(2,3)17-11(14)8-9-4-6-10(7-5-9)18-13(15)16/h4-7,15-16H,8H2,1-3H3. The van der Waals surface area contributed by atoms with E-state index in [4.69, 9.17) is 14.8 Å². The van der Waals surface area contributed by atoms with E-state index in [-0.39, 0.29) is 12.4 Å². The summed E-state index contributed by atoms with van der Waals surface area (Å²) in [7, 11) is -1.85. The van der Waals surface area contributed by atoms with Crippen molar-refractivity contribution in [2.45, 2.75) is 32.8 Å². The van der Waals surface area contributed by atoms with Crippen molar-refractivity contribution in [2.75, 3.05) is 0 Å². The quantitative estimate of drug-likeness (QED) is 0.615. The minimum Gasteiger partial charge on any atom is -0.512 e. The van der Waals surface area contributed by atoms with Crippen molar-refractivity contribution in [3.63, 3.8) is 0 Å². The fourth-order valence-electron chi connectivity index (χ4n) is 1.35. The van der Waals surface area contributed by atoms with Crippen molar-refractivity contribution < 1.29 is 24.2 Å². The average Bonchev–Trinajstić information content (AvgIpc) is 2.17. The molecule has 1 aromatic carbocycles. The van der Waals surface area contributed by atoms with Gasteiger partial charge in [0.2, 0.25) is 0 Å². The van der Waals surface area contributed by atoms with Crippen LogP contribution in [0.1, 0.15) is 26.3 Å². The Morgan fingerprint density at radius 2 is 1.78 bits per heavy atom. The lowest BCUT2D eigenvalue weighted by atomic mass is 10.1. The topological polar surface area (TPSA) is 76.0 Å². The Labute approximate surface area is 107 Å². The van der Waals surface area contributed by atoms with E-state index >= 15 is 0 Å². The molecule has 0 atom stereocenters. The molecule has 0 amide bonds. The zero-order chi connectivity index (χ0) is 13.8. The van der Waals surface area contributed by atoms with E-state index in [2.05, 4.69) is 4.65 Å². The van der Waals surface area contributed by atoms with E-state index in [9.17, 15) is 4.79 Å². The van der Waals surface area contributed by atoms with E-state index in [0.717, 1.165) is 5.56 Å². The number of hydrogen-bond donors (Lipinski definition) is 2. The molecule has 6 heteroatoms. The molecule has 0 spiro atoms. The van der Waals surface area contributed by atoms with Gasteiger partial charge in [0.1, 0.15) is 11.4 Å². The monoisotopic (exact) mass is 252 g/mol. The Morgan fingerprint density at radius 3 is 2.22 bits per heavy atom. The van der Waals surface area contributed by atoms with Crippen LogP contribution in [0, 0.1) is 0 Å². The highest BCUT2D eigenvalue weighted by Gasteiger charge is 2.16. The van der Waals surface area contributed by atoms with Crippen LogP contribution in [0.25, 0.3) is 0 Å². The van der Waals surface area contributed by atoms with Crippen LogP contribution in [0.5, 0.6) is 5.75 Å². The minimum absolute atomic E-state index is 0.166. The Bertz CT molecular complexity index is 394. The molecule has 0 fully saturated rings. The SMILES string of the molecule is CC(C)(C)OC(=O)Cc1ccc(OB(O)O)cc1. The molecule has 0 radical (unpaired) electrons. The second-order valence-corrected chi connectivity index (χ2v) is 4.85. The van der Waals surface area contributed by atoms with Crippen molar-refractivity contribution in [3.8, 4) is 5.75 Å². The maximum atomic E-state index is 11.6. The molecule has 1 aromatic rings. The van der Waals surface area contributed by atoms with Gasteiger partial charge >= 0.3 is 13.3 Å². The summed E-state index contributed by atoms with van der Waals surface area (Å²) < 4.78 is 9.84. The summed E-state index contributed by atoms with van der Waals surface area (Å²) >= 11 is 0. The van der Waals surface area contributed by atoms with Gasteiger partial charge in [-0.3, -0.25) is 4.79 Å². The molecule has 0 unspecified atom stereocenters. The third kappa shape index (κ3) is 5.70. The van der Waals surface area contributed by atoms with E-state index in [1.54, 1.807) is 24.3 Å². The molecule has 0 heterocycles. The lowest BCUT2D eigenvalue weighted by Gasteiger charge is -2.19. The summed E-state index contributed by atoms with van der Waals surface area (Å²) in [6.45, 7) is 5.43. The molecule has 0 aliphatic carbocycles. The molecule has 0 aliphatic heterocycles. The highest BCUT2D eigenvalue weighted by atomic mass is 16.6. The summed E-state index contributed by atoms with van der Waals surface area (Å²) in [6.07, 6.45) is 0.166. The number of esters is 1. The van der Waals surface area contributed by atoms with Crippen LogP contribution in [-0.4, -0.2) is 28.9 Å². The fourth-order valence-corrected chi connectivity index (χ4v) is 1.35. The number of rotatable bonds is 4. The molecular weight excluding hydrogens is 235 g/mol. The van der Waals surface area contributed by atoms with E-state index in [1.807, 2.05) is 20.8 Å². The number of ether oxygens (including phenoxy) is 1. The zero-order valence-electron chi connectivity index (χ0n) is 10.7. The Kier molecular flexibility index (Phi) is 4.75. The van der Waals surface area contributed by atoms with Crippen molar-refractivity contribution in [1.82, 2.24) is 0 Å². The largest absolute Gasteiger partial charge is 0.707 e. The third-order valence-corrected chi connectivity index (χ3v) is 1.93. The second-order valence-electron chi connectivity index (χ2n) is 4.85. The van der Waals surface area contributed by atoms with Crippen molar-refractivity contribution in [3.05, 3.63) is 29.8 Å². The maximum Gasteiger partial charge on any atom is 0.707 e. The first-order valence-electron chi connectivity index (χ1n) is 5.60. The summed E-state index contributed by atoms with van der Waals surface area (Å²) in [5.41, 5.74) is 0.269. The fraction of sp³-hybridized carbons (Fsp3) is 0.417. The van der Waals surface area contributed by atoms with Crippen LogP contribution in [-0.2, 0) is 16.0 Å². The Balaban J connectivity index is 2.56. The predicted molar refractivity (Wildman–Crippen MR) is 66.8 cm³/mol. The van der Waals surface area contributed by atoms with Gasteiger partial charge in [-0.25, -0.2) is 0 Å². The summed E-state index contributed by atoms with van der Waals surface area (Å²) in [5.74, 6) is 0.0105. The van der Waals surface area contributed by atoms with Gasteiger partial charge in [-0.1, -0.05) is 12.1 Å². The van der Waals surface area contributed by atoms with Crippen LogP contribution in [0.2, 0.25) is 0 Å². The van der Waals surface area contributed by atoms with Gasteiger partial charge in [0.15, 0.2) is 0 Å². The molecular formula is C12H17BO5. The summed E-state index contributed by atoms with van der Waals surface area (Å²) in [5, 5.41) is 17.2. The molecule has 18 heavy (non-hydrogen) atoms. The smallest absolute Gasteiger partial charge is 0.512 e. The van der Waals surface area contributed by atoms with Crippen molar-refractivity contribution in [1.29, 1.82) is 0 Å². The van der Waals surface area contributed by atoms with Crippen molar-refractivity contribution in [2.24, 2.45) is 0 Å². The first kappa shape index (κ1) is 14.5. The lowest BCUT2D eigenvalue weighted by molar-refractivity contribution is -0.153. The van der Waals surface area contributed by atoms with Gasteiger partial charge in [-0.2, -0.15) is 0 Å². The van der Waals surface area contributed by atoms with Gasteiger partial charge in [0.05, 0.1) is 6.42 Å². The van der Waals surface area contributed by atoms with E-state index in [0.29, 0.717) is 5.75 Å². The normalized spacial score (nSPS) is 10.9. The van der Waals surface area contributed by atoms with E-state index < -0.39 is 12.9 Å².